The standard InChI is InChI=1S/C11H15FN2OS/c1-3-14-11(15)7(2)16-10-5-4-8(12)6-9(10)13/h4-7H,3,13H2,1-2H3,(H,14,15). The fraction of sp³-hybridized carbons (Fsp3) is 0.364. The number of hydrogen-bond acceptors (Lipinski definition) is 3. The lowest BCUT2D eigenvalue weighted by molar-refractivity contribution is -0.120. The van der Waals surface area contributed by atoms with Gasteiger partial charge in [-0.2, -0.15) is 0 Å². The lowest BCUT2D eigenvalue weighted by Crippen LogP contribution is -2.30. The topological polar surface area (TPSA) is 55.1 Å². The Morgan fingerprint density at radius 3 is 2.88 bits per heavy atom. The maximum Gasteiger partial charge on any atom is 0.233 e. The summed E-state index contributed by atoms with van der Waals surface area (Å²) in [5.74, 6) is -0.413. The van der Waals surface area contributed by atoms with Crippen molar-refractivity contribution in [1.29, 1.82) is 0 Å². The molecular formula is C11H15FN2OS. The van der Waals surface area contributed by atoms with E-state index in [2.05, 4.69) is 5.32 Å². The smallest absolute Gasteiger partial charge is 0.233 e. The number of rotatable bonds is 4. The van der Waals surface area contributed by atoms with Crippen LogP contribution in [0.4, 0.5) is 10.1 Å². The molecule has 0 saturated heterocycles. The zero-order valence-electron chi connectivity index (χ0n) is 9.29. The highest BCUT2D eigenvalue weighted by molar-refractivity contribution is 8.00. The Bertz CT molecular complexity index is 384. The van der Waals surface area contributed by atoms with E-state index in [1.54, 1.807) is 13.0 Å². The van der Waals surface area contributed by atoms with E-state index in [9.17, 15) is 9.18 Å². The van der Waals surface area contributed by atoms with E-state index in [-0.39, 0.29) is 17.0 Å². The van der Waals surface area contributed by atoms with Gasteiger partial charge in [-0.05, 0) is 32.0 Å². The molecule has 0 saturated carbocycles. The molecule has 1 aromatic rings. The molecule has 0 fully saturated rings. The van der Waals surface area contributed by atoms with Gasteiger partial charge in [-0.3, -0.25) is 4.79 Å². The fourth-order valence-electron chi connectivity index (χ4n) is 1.19. The highest BCUT2D eigenvalue weighted by Gasteiger charge is 2.14. The van der Waals surface area contributed by atoms with Crippen LogP contribution in [0, 0.1) is 5.82 Å². The van der Waals surface area contributed by atoms with Crippen LogP contribution in [0.5, 0.6) is 0 Å². The van der Waals surface area contributed by atoms with Crippen LogP contribution in [0.3, 0.4) is 0 Å². The Balaban J connectivity index is 2.69. The number of hydrogen-bond donors (Lipinski definition) is 2. The number of carbonyl (C=O) groups is 1. The average molecular weight is 242 g/mol. The third kappa shape index (κ3) is 3.41. The maximum absolute atomic E-state index is 12.8. The lowest BCUT2D eigenvalue weighted by Gasteiger charge is -2.12. The highest BCUT2D eigenvalue weighted by atomic mass is 32.2. The Morgan fingerprint density at radius 1 is 1.62 bits per heavy atom. The second-order valence-electron chi connectivity index (χ2n) is 3.34. The van der Waals surface area contributed by atoms with Gasteiger partial charge in [0.05, 0.1) is 5.25 Å². The molecule has 0 aliphatic carbocycles. The minimum Gasteiger partial charge on any atom is -0.398 e. The molecule has 0 aliphatic rings. The van der Waals surface area contributed by atoms with Crippen molar-refractivity contribution in [2.75, 3.05) is 12.3 Å². The van der Waals surface area contributed by atoms with Gasteiger partial charge in [0.1, 0.15) is 5.82 Å². The van der Waals surface area contributed by atoms with Crippen LogP contribution in [0.2, 0.25) is 0 Å². The van der Waals surface area contributed by atoms with E-state index >= 15 is 0 Å². The number of thioether (sulfide) groups is 1. The number of carbonyl (C=O) groups excluding carboxylic acids is 1. The third-order valence-corrected chi connectivity index (χ3v) is 3.19. The zero-order valence-corrected chi connectivity index (χ0v) is 10.1. The van der Waals surface area contributed by atoms with Gasteiger partial charge in [0.25, 0.3) is 0 Å². The summed E-state index contributed by atoms with van der Waals surface area (Å²) in [7, 11) is 0. The van der Waals surface area contributed by atoms with E-state index in [0.29, 0.717) is 12.2 Å². The van der Waals surface area contributed by atoms with Crippen molar-refractivity contribution in [2.45, 2.75) is 24.0 Å². The Kier molecular flexibility index (Phi) is 4.61. The summed E-state index contributed by atoms with van der Waals surface area (Å²) in [5, 5.41) is 2.48. The summed E-state index contributed by atoms with van der Waals surface area (Å²) >= 11 is 1.32. The first kappa shape index (κ1) is 12.8. The molecule has 1 unspecified atom stereocenters. The minimum absolute atomic E-state index is 0.0452. The van der Waals surface area contributed by atoms with Crippen LogP contribution >= 0.6 is 11.8 Å². The quantitative estimate of drug-likeness (QED) is 0.627. The largest absolute Gasteiger partial charge is 0.398 e. The molecule has 3 nitrogen and oxygen atoms in total. The van der Waals surface area contributed by atoms with E-state index in [1.807, 2.05) is 6.92 Å². The van der Waals surface area contributed by atoms with E-state index in [0.717, 1.165) is 4.90 Å². The third-order valence-electron chi connectivity index (χ3n) is 2.00. The van der Waals surface area contributed by atoms with Gasteiger partial charge in [0.2, 0.25) is 5.91 Å². The number of nitrogens with two attached hydrogens (primary N) is 1. The predicted molar refractivity (Wildman–Crippen MR) is 64.8 cm³/mol. The molecule has 1 rings (SSSR count). The van der Waals surface area contributed by atoms with Crippen LogP contribution in [-0.2, 0) is 4.79 Å². The first-order chi connectivity index (χ1) is 7.54. The second kappa shape index (κ2) is 5.75. The molecular weight excluding hydrogens is 227 g/mol. The number of nitrogen functional groups attached to an aromatic ring is 1. The van der Waals surface area contributed by atoms with Gasteiger partial charge >= 0.3 is 0 Å². The van der Waals surface area contributed by atoms with Crippen molar-refractivity contribution >= 4 is 23.4 Å². The summed E-state index contributed by atoms with van der Waals surface area (Å²) in [6.07, 6.45) is 0. The van der Waals surface area contributed by atoms with Crippen molar-refractivity contribution in [2.24, 2.45) is 0 Å². The van der Waals surface area contributed by atoms with E-state index < -0.39 is 0 Å². The van der Waals surface area contributed by atoms with Crippen LogP contribution in [0.15, 0.2) is 23.1 Å². The second-order valence-corrected chi connectivity index (χ2v) is 4.72. The van der Waals surface area contributed by atoms with Gasteiger partial charge in [-0.1, -0.05) is 0 Å². The molecule has 1 aromatic carbocycles. The zero-order chi connectivity index (χ0) is 12.1. The summed E-state index contributed by atoms with van der Waals surface area (Å²) in [5.41, 5.74) is 6.01. The summed E-state index contributed by atoms with van der Waals surface area (Å²) in [6.45, 7) is 4.25. The number of benzene rings is 1. The van der Waals surface area contributed by atoms with E-state index in [4.69, 9.17) is 5.73 Å². The van der Waals surface area contributed by atoms with Crippen molar-refractivity contribution in [3.8, 4) is 0 Å². The minimum atomic E-state index is -0.368. The number of amides is 1. The molecule has 0 radical (unpaired) electrons. The molecule has 1 atom stereocenters. The van der Waals surface area contributed by atoms with Crippen molar-refractivity contribution in [1.82, 2.24) is 5.32 Å². The number of anilines is 1. The van der Waals surface area contributed by atoms with Crippen LogP contribution in [-0.4, -0.2) is 17.7 Å². The monoisotopic (exact) mass is 242 g/mol. The number of halogens is 1. The lowest BCUT2D eigenvalue weighted by atomic mass is 10.3. The Morgan fingerprint density at radius 2 is 2.31 bits per heavy atom. The van der Waals surface area contributed by atoms with Crippen LogP contribution in [0.1, 0.15) is 13.8 Å². The molecule has 0 bridgehead atoms. The number of nitrogens with one attached hydrogen (secondary N) is 1. The van der Waals surface area contributed by atoms with Crippen molar-refractivity contribution in [3.63, 3.8) is 0 Å². The molecule has 0 aliphatic heterocycles. The van der Waals surface area contributed by atoms with Crippen LogP contribution in [0.25, 0.3) is 0 Å². The van der Waals surface area contributed by atoms with Gasteiger partial charge in [0.15, 0.2) is 0 Å². The van der Waals surface area contributed by atoms with Gasteiger partial charge in [-0.15, -0.1) is 11.8 Å². The average Bonchev–Trinajstić information content (AvgIpc) is 2.22. The Hall–Kier alpha value is -1.23. The molecule has 3 N–H and O–H groups in total. The summed E-state index contributed by atoms with van der Waals surface area (Å²) in [4.78, 5) is 12.2. The van der Waals surface area contributed by atoms with Crippen LogP contribution < -0.4 is 11.1 Å². The molecule has 0 aromatic heterocycles. The first-order valence-electron chi connectivity index (χ1n) is 5.04. The highest BCUT2D eigenvalue weighted by Crippen LogP contribution is 2.29. The van der Waals surface area contributed by atoms with Crippen molar-refractivity contribution < 1.29 is 9.18 Å². The maximum atomic E-state index is 12.8. The molecule has 0 heterocycles. The van der Waals surface area contributed by atoms with Gasteiger partial charge < -0.3 is 11.1 Å². The first-order valence-corrected chi connectivity index (χ1v) is 5.92. The molecule has 1 amide bonds. The van der Waals surface area contributed by atoms with Crippen molar-refractivity contribution in [3.05, 3.63) is 24.0 Å². The normalized spacial score (nSPS) is 12.2. The van der Waals surface area contributed by atoms with E-state index in [1.165, 1.54) is 23.9 Å². The predicted octanol–water partition coefficient (Wildman–Crippen LogP) is 2.02. The molecule has 5 heteroatoms. The summed E-state index contributed by atoms with van der Waals surface area (Å²) < 4.78 is 12.8. The molecule has 88 valence electrons. The molecule has 0 spiro atoms. The van der Waals surface area contributed by atoms with Gasteiger partial charge in [-0.25, -0.2) is 4.39 Å². The summed E-state index contributed by atoms with van der Waals surface area (Å²) in [6, 6.07) is 4.18. The molecule has 16 heavy (non-hydrogen) atoms. The van der Waals surface area contributed by atoms with Gasteiger partial charge in [0, 0.05) is 17.1 Å². The Labute approximate surface area is 98.6 Å². The SMILES string of the molecule is CCNC(=O)C(C)Sc1ccc(F)cc1N. The fourth-order valence-corrected chi connectivity index (χ4v) is 2.10.